The Bertz CT molecular complexity index is 262. The van der Waals surface area contributed by atoms with Crippen molar-refractivity contribution in [1.29, 1.82) is 0 Å². The van der Waals surface area contributed by atoms with Crippen molar-refractivity contribution in [2.24, 2.45) is 17.8 Å². The van der Waals surface area contributed by atoms with Crippen molar-refractivity contribution in [3.05, 3.63) is 0 Å². The topological polar surface area (TPSA) is 71.6 Å². The molecule has 0 aromatic carbocycles. The Labute approximate surface area is 108 Å². The molecule has 0 spiro atoms. The average molecular weight is 260 g/mol. The summed E-state index contributed by atoms with van der Waals surface area (Å²) in [6, 6.07) is 0. The smallest absolute Gasteiger partial charge is 0.450 e. The molecule has 3 unspecified atom stereocenters. The van der Waals surface area contributed by atoms with Crippen LogP contribution < -0.4 is 0 Å². The first kappa shape index (κ1) is 15.2. The highest BCUT2D eigenvalue weighted by Crippen LogP contribution is 2.29. The summed E-state index contributed by atoms with van der Waals surface area (Å²) < 4.78 is 4.96. The highest BCUT2D eigenvalue weighted by atomic mass is 17.4. The summed E-state index contributed by atoms with van der Waals surface area (Å²) in [4.78, 5) is 20.2. The number of carbonyl (C=O) groups is 1. The highest BCUT2D eigenvalue weighted by Gasteiger charge is 2.35. The third kappa shape index (κ3) is 6.21. The monoisotopic (exact) mass is 260 g/mol. The van der Waals surface area contributed by atoms with E-state index < -0.39 is 6.16 Å². The molecule has 1 aliphatic rings. The molecule has 1 heterocycles. The zero-order chi connectivity index (χ0) is 13.7. The van der Waals surface area contributed by atoms with Gasteiger partial charge in [0.1, 0.15) is 6.10 Å². The van der Waals surface area contributed by atoms with Crippen LogP contribution in [0.1, 0.15) is 47.0 Å². The van der Waals surface area contributed by atoms with Crippen LogP contribution in [-0.4, -0.2) is 23.7 Å². The summed E-state index contributed by atoms with van der Waals surface area (Å²) in [5.41, 5.74) is 0. The van der Waals surface area contributed by atoms with Gasteiger partial charge in [-0.15, -0.1) is 0 Å². The molecular weight excluding hydrogens is 236 g/mol. The number of rotatable bonds is 8. The normalized spacial score (nSPS) is 20.5. The average Bonchev–Trinajstić information content (AvgIpc) is 2.96. The lowest BCUT2D eigenvalue weighted by molar-refractivity contribution is 0.0285. The Morgan fingerprint density at radius 2 is 1.78 bits per heavy atom. The van der Waals surface area contributed by atoms with E-state index in [2.05, 4.69) is 20.8 Å². The molecule has 0 aromatic heterocycles. The first-order valence-corrected chi connectivity index (χ1v) is 6.60. The van der Waals surface area contributed by atoms with E-state index >= 15 is 0 Å². The highest BCUT2D eigenvalue weighted by molar-refractivity contribution is 5.57. The van der Waals surface area contributed by atoms with E-state index in [0.29, 0.717) is 18.3 Å². The van der Waals surface area contributed by atoms with Gasteiger partial charge in [-0.2, -0.15) is 9.78 Å². The molecule has 3 atom stereocenters. The van der Waals surface area contributed by atoms with Gasteiger partial charge in [0, 0.05) is 5.92 Å². The Morgan fingerprint density at radius 1 is 1.17 bits per heavy atom. The zero-order valence-electron chi connectivity index (χ0n) is 11.6. The minimum Gasteiger partial charge on any atom is -0.450 e. The fraction of sp³-hybridized carbons (Fsp3) is 0.923. The molecule has 0 radical (unpaired) electrons. The maximum atomic E-state index is 10.7. The standard InChI is InChI=1S/C13H24O5/c1-8(2)5-9(3)6-11(16-13(14)15)7-10(4)12-17-18-12/h8-12H,5-7H2,1-4H3,(H,14,15). The van der Waals surface area contributed by atoms with Gasteiger partial charge in [0.15, 0.2) is 0 Å². The van der Waals surface area contributed by atoms with Gasteiger partial charge in [-0.1, -0.05) is 27.7 Å². The molecule has 1 aliphatic heterocycles. The first-order chi connectivity index (χ1) is 8.38. The fourth-order valence-corrected chi connectivity index (χ4v) is 2.43. The van der Waals surface area contributed by atoms with Crippen LogP contribution in [0.3, 0.4) is 0 Å². The lowest BCUT2D eigenvalue weighted by Crippen LogP contribution is -2.24. The third-order valence-corrected chi connectivity index (χ3v) is 3.11. The van der Waals surface area contributed by atoms with Gasteiger partial charge < -0.3 is 9.84 Å². The summed E-state index contributed by atoms with van der Waals surface area (Å²) in [6.45, 7) is 8.44. The van der Waals surface area contributed by atoms with Crippen LogP contribution in [0.15, 0.2) is 0 Å². The van der Waals surface area contributed by atoms with E-state index in [-0.39, 0.29) is 18.3 Å². The van der Waals surface area contributed by atoms with Gasteiger partial charge >= 0.3 is 6.16 Å². The predicted octanol–water partition coefficient (Wildman–Crippen LogP) is 3.44. The third-order valence-electron chi connectivity index (χ3n) is 3.11. The molecule has 106 valence electrons. The van der Waals surface area contributed by atoms with Gasteiger partial charge in [0.2, 0.25) is 6.29 Å². The van der Waals surface area contributed by atoms with Crippen molar-refractivity contribution in [1.82, 2.24) is 0 Å². The number of hydrogen-bond acceptors (Lipinski definition) is 4. The second-order valence-corrected chi connectivity index (χ2v) is 5.75. The van der Waals surface area contributed by atoms with Crippen LogP contribution >= 0.6 is 0 Å². The second-order valence-electron chi connectivity index (χ2n) is 5.75. The largest absolute Gasteiger partial charge is 0.506 e. The molecule has 0 bridgehead atoms. The minimum absolute atomic E-state index is 0.153. The van der Waals surface area contributed by atoms with E-state index in [4.69, 9.17) is 19.6 Å². The number of ether oxygens (including phenoxy) is 1. The summed E-state index contributed by atoms with van der Waals surface area (Å²) in [6.07, 6.45) is 0.788. The molecule has 1 saturated heterocycles. The molecule has 18 heavy (non-hydrogen) atoms. The second kappa shape index (κ2) is 6.95. The molecule has 5 nitrogen and oxygen atoms in total. The minimum atomic E-state index is -1.21. The molecule has 1 fully saturated rings. The van der Waals surface area contributed by atoms with Gasteiger partial charge in [-0.3, -0.25) is 0 Å². The summed E-state index contributed by atoms with van der Waals surface area (Å²) in [7, 11) is 0. The van der Waals surface area contributed by atoms with E-state index in [9.17, 15) is 4.79 Å². The van der Waals surface area contributed by atoms with Crippen LogP contribution in [0.2, 0.25) is 0 Å². The SMILES string of the molecule is CC(C)CC(C)CC(CC(C)C1OO1)OC(=O)O. The Morgan fingerprint density at radius 3 is 2.22 bits per heavy atom. The number of carboxylic acid groups (broad SMARTS) is 1. The van der Waals surface area contributed by atoms with Crippen molar-refractivity contribution in [2.75, 3.05) is 0 Å². The molecule has 0 aromatic rings. The van der Waals surface area contributed by atoms with E-state index in [1.165, 1.54) is 0 Å². The Kier molecular flexibility index (Phi) is 5.88. The van der Waals surface area contributed by atoms with Crippen molar-refractivity contribution in [2.45, 2.75) is 59.4 Å². The molecule has 0 saturated carbocycles. The lowest BCUT2D eigenvalue weighted by Gasteiger charge is -2.22. The van der Waals surface area contributed by atoms with Gasteiger partial charge in [0.05, 0.1) is 0 Å². The Hall–Kier alpha value is -0.810. The summed E-state index contributed by atoms with van der Waals surface area (Å²) in [5.74, 6) is 1.21. The molecule has 0 amide bonds. The van der Waals surface area contributed by atoms with Gasteiger partial charge in [-0.05, 0) is 31.1 Å². The van der Waals surface area contributed by atoms with E-state index in [1.54, 1.807) is 0 Å². The number of hydrogen-bond donors (Lipinski definition) is 1. The van der Waals surface area contributed by atoms with Crippen LogP contribution in [0.4, 0.5) is 4.79 Å². The van der Waals surface area contributed by atoms with Crippen molar-refractivity contribution in [3.8, 4) is 0 Å². The molecule has 1 N–H and O–H groups in total. The summed E-state index contributed by atoms with van der Waals surface area (Å²) in [5, 5.41) is 8.76. The Balaban J connectivity index is 2.40. The fourth-order valence-electron chi connectivity index (χ4n) is 2.43. The van der Waals surface area contributed by atoms with Crippen molar-refractivity contribution in [3.63, 3.8) is 0 Å². The molecule has 5 heteroatoms. The maximum absolute atomic E-state index is 10.7. The van der Waals surface area contributed by atoms with Gasteiger partial charge in [0.25, 0.3) is 0 Å². The van der Waals surface area contributed by atoms with Crippen LogP contribution in [0, 0.1) is 17.8 Å². The predicted molar refractivity (Wildman–Crippen MR) is 65.9 cm³/mol. The quantitative estimate of drug-likeness (QED) is 0.411. The van der Waals surface area contributed by atoms with Crippen molar-refractivity contribution >= 4 is 6.16 Å². The van der Waals surface area contributed by atoms with E-state index in [1.807, 2.05) is 6.92 Å². The lowest BCUT2D eigenvalue weighted by atomic mass is 9.90. The van der Waals surface area contributed by atoms with Crippen LogP contribution in [0.25, 0.3) is 0 Å². The molecule has 1 rings (SSSR count). The van der Waals surface area contributed by atoms with Crippen LogP contribution in [0.5, 0.6) is 0 Å². The van der Waals surface area contributed by atoms with Crippen molar-refractivity contribution < 1.29 is 24.4 Å². The maximum Gasteiger partial charge on any atom is 0.506 e. The molecule has 0 aliphatic carbocycles. The summed E-state index contributed by atoms with van der Waals surface area (Å²) >= 11 is 0. The van der Waals surface area contributed by atoms with Gasteiger partial charge in [-0.25, -0.2) is 4.79 Å². The molecular formula is C13H24O5. The first-order valence-electron chi connectivity index (χ1n) is 6.60. The van der Waals surface area contributed by atoms with E-state index in [0.717, 1.165) is 12.8 Å². The zero-order valence-corrected chi connectivity index (χ0v) is 11.6. The van der Waals surface area contributed by atoms with Crippen LogP contribution in [-0.2, 0) is 14.5 Å².